The lowest BCUT2D eigenvalue weighted by atomic mass is 10.1. The Kier molecular flexibility index (Phi) is 4.67. The molecule has 2 heteroatoms. The van der Waals surface area contributed by atoms with Crippen LogP contribution in [-0.2, 0) is 12.8 Å². The van der Waals surface area contributed by atoms with Gasteiger partial charge in [-0.1, -0.05) is 60.7 Å². The zero-order valence-electron chi connectivity index (χ0n) is 12.4. The van der Waals surface area contributed by atoms with Gasteiger partial charge in [0.2, 0.25) is 0 Å². The van der Waals surface area contributed by atoms with E-state index >= 15 is 0 Å². The molecule has 2 nitrogen and oxygen atoms in total. The summed E-state index contributed by atoms with van der Waals surface area (Å²) < 4.78 is 0. The van der Waals surface area contributed by atoms with Crippen LogP contribution in [0.3, 0.4) is 0 Å². The van der Waals surface area contributed by atoms with Crippen molar-refractivity contribution < 1.29 is 0 Å². The number of hydrogen-bond donors (Lipinski definition) is 0. The largest absolute Gasteiger partial charge is 0.360 e. The van der Waals surface area contributed by atoms with Crippen molar-refractivity contribution >= 4 is 5.84 Å². The first-order valence-corrected chi connectivity index (χ1v) is 7.78. The first-order valence-electron chi connectivity index (χ1n) is 7.78. The molecule has 108 valence electrons. The van der Waals surface area contributed by atoms with Gasteiger partial charge in [-0.15, -0.1) is 0 Å². The molecular weight excluding hydrogens is 256 g/mol. The molecule has 0 N–H and O–H groups in total. The van der Waals surface area contributed by atoms with Crippen LogP contribution in [0, 0.1) is 0 Å². The second kappa shape index (κ2) is 7.07. The van der Waals surface area contributed by atoms with Gasteiger partial charge in [0.1, 0.15) is 5.84 Å². The van der Waals surface area contributed by atoms with Crippen LogP contribution in [0.1, 0.15) is 17.5 Å². The Morgan fingerprint density at radius 3 is 2.24 bits per heavy atom. The molecule has 0 atom stereocenters. The molecule has 3 rings (SSSR count). The summed E-state index contributed by atoms with van der Waals surface area (Å²) in [6, 6.07) is 21.4. The monoisotopic (exact) mass is 278 g/mol. The second-order valence-electron chi connectivity index (χ2n) is 5.54. The molecule has 0 amide bonds. The van der Waals surface area contributed by atoms with Gasteiger partial charge in [0.05, 0.1) is 0 Å². The van der Waals surface area contributed by atoms with Gasteiger partial charge in [-0.05, 0) is 24.0 Å². The van der Waals surface area contributed by atoms with Crippen LogP contribution in [0.25, 0.3) is 0 Å². The van der Waals surface area contributed by atoms with E-state index in [1.165, 1.54) is 23.4 Å². The number of hydrogen-bond acceptors (Lipinski definition) is 2. The van der Waals surface area contributed by atoms with E-state index in [0.717, 1.165) is 32.5 Å². The molecule has 21 heavy (non-hydrogen) atoms. The Morgan fingerprint density at radius 1 is 0.857 bits per heavy atom. The quantitative estimate of drug-likeness (QED) is 0.816. The molecular formula is C19H22N2. The normalized spacial score (nSPS) is 14.9. The Bertz CT molecular complexity index is 575. The maximum absolute atomic E-state index is 4.76. The zero-order valence-corrected chi connectivity index (χ0v) is 12.4. The van der Waals surface area contributed by atoms with E-state index in [4.69, 9.17) is 4.99 Å². The molecule has 1 heterocycles. The Balaban J connectivity index is 1.63. The van der Waals surface area contributed by atoms with Gasteiger partial charge in [-0.25, -0.2) is 0 Å². The molecule has 0 radical (unpaired) electrons. The summed E-state index contributed by atoms with van der Waals surface area (Å²) in [4.78, 5) is 7.22. The van der Waals surface area contributed by atoms with Gasteiger partial charge in [-0.3, -0.25) is 4.99 Å². The maximum Gasteiger partial charge on any atom is 0.103 e. The molecule has 2 aromatic rings. The molecule has 0 spiro atoms. The molecule has 2 aromatic carbocycles. The van der Waals surface area contributed by atoms with E-state index in [9.17, 15) is 0 Å². The highest BCUT2D eigenvalue weighted by atomic mass is 15.2. The Hall–Kier alpha value is -2.09. The van der Waals surface area contributed by atoms with Crippen molar-refractivity contribution in [3.63, 3.8) is 0 Å². The lowest BCUT2D eigenvalue weighted by Gasteiger charge is -2.29. The van der Waals surface area contributed by atoms with Crippen molar-refractivity contribution in [2.45, 2.75) is 19.3 Å². The first kappa shape index (κ1) is 13.9. The lowest BCUT2D eigenvalue weighted by molar-refractivity contribution is 0.391. The van der Waals surface area contributed by atoms with E-state index in [2.05, 4.69) is 65.6 Å². The summed E-state index contributed by atoms with van der Waals surface area (Å²) in [5.74, 6) is 1.25. The third kappa shape index (κ3) is 3.94. The predicted molar refractivity (Wildman–Crippen MR) is 88.8 cm³/mol. The van der Waals surface area contributed by atoms with Crippen molar-refractivity contribution in [3.05, 3.63) is 71.8 Å². The molecule has 0 aromatic heterocycles. The van der Waals surface area contributed by atoms with Gasteiger partial charge in [-0.2, -0.15) is 0 Å². The minimum Gasteiger partial charge on any atom is -0.360 e. The van der Waals surface area contributed by atoms with Crippen LogP contribution >= 0.6 is 0 Å². The fourth-order valence-corrected chi connectivity index (χ4v) is 2.79. The van der Waals surface area contributed by atoms with Crippen LogP contribution in [0.5, 0.6) is 0 Å². The molecule has 1 aliphatic rings. The number of amidine groups is 1. The molecule has 0 saturated heterocycles. The minimum atomic E-state index is 0.954. The van der Waals surface area contributed by atoms with Crippen LogP contribution in [0.2, 0.25) is 0 Å². The van der Waals surface area contributed by atoms with E-state index in [1.807, 2.05) is 0 Å². The highest BCUT2D eigenvalue weighted by Crippen LogP contribution is 2.11. The highest BCUT2D eigenvalue weighted by Gasteiger charge is 2.15. The van der Waals surface area contributed by atoms with Crippen LogP contribution in [-0.4, -0.2) is 30.4 Å². The third-order valence-electron chi connectivity index (χ3n) is 3.96. The van der Waals surface area contributed by atoms with Crippen molar-refractivity contribution in [3.8, 4) is 0 Å². The van der Waals surface area contributed by atoms with Crippen molar-refractivity contribution in [1.29, 1.82) is 0 Å². The highest BCUT2D eigenvalue weighted by molar-refractivity contribution is 5.85. The average Bonchev–Trinajstić information content (AvgIpc) is 2.56. The van der Waals surface area contributed by atoms with Crippen molar-refractivity contribution in [2.75, 3.05) is 19.6 Å². The van der Waals surface area contributed by atoms with Crippen molar-refractivity contribution in [2.24, 2.45) is 4.99 Å². The van der Waals surface area contributed by atoms with Gasteiger partial charge in [0.15, 0.2) is 0 Å². The second-order valence-corrected chi connectivity index (χ2v) is 5.54. The van der Waals surface area contributed by atoms with E-state index in [1.54, 1.807) is 0 Å². The Labute approximate surface area is 127 Å². The molecule has 0 fully saturated rings. The maximum atomic E-state index is 4.76. The summed E-state index contributed by atoms with van der Waals surface area (Å²) in [7, 11) is 0. The van der Waals surface area contributed by atoms with Gasteiger partial charge in [0, 0.05) is 26.1 Å². The standard InChI is InChI=1S/C19H22N2/c1-3-8-17(9-4-1)12-15-21-14-7-13-20-19(21)16-18-10-5-2-6-11-18/h1-6,8-11H,7,12-16H2. The number of benzene rings is 2. The smallest absolute Gasteiger partial charge is 0.103 e. The number of aliphatic imine (C=N–C) groups is 1. The van der Waals surface area contributed by atoms with Crippen molar-refractivity contribution in [1.82, 2.24) is 4.90 Å². The Morgan fingerprint density at radius 2 is 1.52 bits per heavy atom. The van der Waals surface area contributed by atoms with Gasteiger partial charge in [0.25, 0.3) is 0 Å². The van der Waals surface area contributed by atoms with E-state index in [0.29, 0.717) is 0 Å². The molecule has 0 unspecified atom stereocenters. The van der Waals surface area contributed by atoms with E-state index < -0.39 is 0 Å². The fourth-order valence-electron chi connectivity index (χ4n) is 2.79. The topological polar surface area (TPSA) is 15.6 Å². The average molecular weight is 278 g/mol. The number of rotatable bonds is 5. The SMILES string of the molecule is c1ccc(CCN2CCCN=C2Cc2ccccc2)cc1. The molecule has 0 aliphatic carbocycles. The molecule has 1 aliphatic heterocycles. The summed E-state index contributed by atoms with van der Waals surface area (Å²) in [6.07, 6.45) is 3.22. The summed E-state index contributed by atoms with van der Waals surface area (Å²) in [6.45, 7) is 3.18. The summed E-state index contributed by atoms with van der Waals surface area (Å²) >= 11 is 0. The fraction of sp³-hybridized carbons (Fsp3) is 0.316. The molecule has 0 saturated carbocycles. The van der Waals surface area contributed by atoms with Crippen LogP contribution in [0.15, 0.2) is 65.7 Å². The summed E-state index contributed by atoms with van der Waals surface area (Å²) in [5.41, 5.74) is 2.75. The summed E-state index contributed by atoms with van der Waals surface area (Å²) in [5, 5.41) is 0. The van der Waals surface area contributed by atoms with Gasteiger partial charge < -0.3 is 4.90 Å². The number of nitrogens with zero attached hydrogens (tertiary/aromatic N) is 2. The minimum absolute atomic E-state index is 0.954. The van der Waals surface area contributed by atoms with E-state index in [-0.39, 0.29) is 0 Å². The van der Waals surface area contributed by atoms with Crippen LogP contribution in [0.4, 0.5) is 0 Å². The predicted octanol–water partition coefficient (Wildman–Crippen LogP) is 3.58. The lowest BCUT2D eigenvalue weighted by Crippen LogP contribution is -2.38. The molecule has 0 bridgehead atoms. The zero-order chi connectivity index (χ0) is 14.3. The van der Waals surface area contributed by atoms with Crippen LogP contribution < -0.4 is 0 Å². The first-order chi connectivity index (χ1) is 10.4. The van der Waals surface area contributed by atoms with Gasteiger partial charge >= 0.3 is 0 Å². The third-order valence-corrected chi connectivity index (χ3v) is 3.96.